The van der Waals surface area contributed by atoms with E-state index in [0.717, 1.165) is 11.0 Å². The number of nitrogens with zero attached hydrogens (tertiary/aromatic N) is 1. The minimum Gasteiger partial charge on any atom is -0.355 e. The van der Waals surface area contributed by atoms with Crippen molar-refractivity contribution in [2.24, 2.45) is 5.92 Å². The molecule has 1 N–H and O–H groups in total. The summed E-state index contributed by atoms with van der Waals surface area (Å²) >= 11 is 0. The van der Waals surface area contributed by atoms with Gasteiger partial charge in [-0.3, -0.25) is 19.3 Å². The smallest absolute Gasteiger partial charge is 0.261 e. The van der Waals surface area contributed by atoms with Gasteiger partial charge >= 0.3 is 0 Å². The highest BCUT2D eigenvalue weighted by Gasteiger charge is 2.53. The second kappa shape index (κ2) is 7.06. The van der Waals surface area contributed by atoms with Gasteiger partial charge in [0.1, 0.15) is 11.6 Å². The van der Waals surface area contributed by atoms with Crippen molar-refractivity contribution in [3.8, 4) is 0 Å². The van der Waals surface area contributed by atoms with Crippen LogP contribution in [0.15, 0.2) is 42.5 Å². The predicted molar refractivity (Wildman–Crippen MR) is 101 cm³/mol. The molecular formula is C22H20F2N2O3. The molecule has 1 fully saturated rings. The number of fused-ring (bicyclic) bond motifs is 1. The number of amides is 3. The van der Waals surface area contributed by atoms with Gasteiger partial charge in [-0.1, -0.05) is 25.1 Å². The quantitative estimate of drug-likeness (QED) is 0.761. The molecule has 0 spiro atoms. The summed E-state index contributed by atoms with van der Waals surface area (Å²) < 4.78 is 27.4. The first-order valence-electron chi connectivity index (χ1n) is 9.51. The van der Waals surface area contributed by atoms with Crippen LogP contribution in [0.3, 0.4) is 0 Å². The van der Waals surface area contributed by atoms with Crippen LogP contribution >= 0.6 is 0 Å². The number of carbonyl (C=O) groups is 3. The summed E-state index contributed by atoms with van der Waals surface area (Å²) in [5.74, 6) is -2.24. The molecule has 5 nitrogen and oxygen atoms in total. The van der Waals surface area contributed by atoms with Crippen LogP contribution in [0.25, 0.3) is 0 Å². The summed E-state index contributed by atoms with van der Waals surface area (Å²) in [5, 5.41) is 2.78. The fourth-order valence-corrected chi connectivity index (χ4v) is 4.10. The van der Waals surface area contributed by atoms with Crippen LogP contribution in [0, 0.1) is 17.6 Å². The molecule has 1 aliphatic carbocycles. The maximum absolute atomic E-state index is 14.2. The lowest BCUT2D eigenvalue weighted by atomic mass is 9.92. The fraction of sp³-hybridized carbons (Fsp3) is 0.318. The Labute approximate surface area is 166 Å². The van der Waals surface area contributed by atoms with Crippen LogP contribution in [-0.4, -0.2) is 35.7 Å². The minimum atomic E-state index is -0.639. The molecule has 2 aromatic carbocycles. The molecule has 4 rings (SSSR count). The average molecular weight is 398 g/mol. The first-order chi connectivity index (χ1) is 13.8. The van der Waals surface area contributed by atoms with Crippen LogP contribution in [0.1, 0.15) is 46.0 Å². The van der Waals surface area contributed by atoms with Crippen molar-refractivity contribution in [3.05, 3.63) is 70.8 Å². The Morgan fingerprint density at radius 1 is 1.14 bits per heavy atom. The first kappa shape index (κ1) is 19.2. The number of nitrogens with one attached hydrogen (secondary N) is 1. The number of rotatable bonds is 6. The largest absolute Gasteiger partial charge is 0.355 e. The molecule has 3 amide bonds. The Hall–Kier alpha value is -3.09. The van der Waals surface area contributed by atoms with E-state index in [-0.39, 0.29) is 31.3 Å². The molecule has 29 heavy (non-hydrogen) atoms. The molecule has 0 bridgehead atoms. The van der Waals surface area contributed by atoms with Crippen molar-refractivity contribution in [1.29, 1.82) is 0 Å². The van der Waals surface area contributed by atoms with E-state index in [1.807, 2.05) is 6.92 Å². The Morgan fingerprint density at radius 3 is 2.31 bits per heavy atom. The predicted octanol–water partition coefficient (Wildman–Crippen LogP) is 3.04. The number of hydrogen-bond acceptors (Lipinski definition) is 3. The van der Waals surface area contributed by atoms with E-state index in [4.69, 9.17) is 0 Å². The lowest BCUT2D eigenvalue weighted by Gasteiger charge is -2.20. The molecule has 2 aliphatic rings. The van der Waals surface area contributed by atoms with Gasteiger partial charge in [0.05, 0.1) is 11.1 Å². The van der Waals surface area contributed by atoms with Gasteiger partial charge in [0.25, 0.3) is 11.8 Å². The average Bonchev–Trinajstić information content (AvgIpc) is 3.29. The summed E-state index contributed by atoms with van der Waals surface area (Å²) in [4.78, 5) is 38.1. The third-order valence-electron chi connectivity index (χ3n) is 5.96. The normalized spacial score (nSPS) is 22.6. The highest BCUT2D eigenvalue weighted by atomic mass is 19.1. The van der Waals surface area contributed by atoms with Gasteiger partial charge in [-0.15, -0.1) is 0 Å². The summed E-state index contributed by atoms with van der Waals surface area (Å²) in [6, 6.07) is 10.0. The Balaban J connectivity index is 1.36. The third-order valence-corrected chi connectivity index (χ3v) is 5.96. The molecule has 0 aromatic heterocycles. The molecule has 1 heterocycles. The zero-order valence-electron chi connectivity index (χ0n) is 15.9. The summed E-state index contributed by atoms with van der Waals surface area (Å²) in [5.41, 5.74) is 0.529. The van der Waals surface area contributed by atoms with Crippen LogP contribution in [0.5, 0.6) is 0 Å². The zero-order chi connectivity index (χ0) is 20.8. The van der Waals surface area contributed by atoms with E-state index in [0.29, 0.717) is 23.1 Å². The molecule has 0 saturated heterocycles. The van der Waals surface area contributed by atoms with Gasteiger partial charge in [-0.25, -0.2) is 8.78 Å². The Kier molecular flexibility index (Phi) is 4.68. The molecule has 1 saturated carbocycles. The zero-order valence-corrected chi connectivity index (χ0v) is 15.9. The van der Waals surface area contributed by atoms with Crippen molar-refractivity contribution >= 4 is 17.7 Å². The molecular weight excluding hydrogens is 378 g/mol. The van der Waals surface area contributed by atoms with Gasteiger partial charge in [0.2, 0.25) is 5.91 Å². The number of imide groups is 1. The molecule has 2 aromatic rings. The maximum Gasteiger partial charge on any atom is 0.261 e. The SMILES string of the molecule is CC1CC1(CNC(=O)CCN1C(=O)c2ccccc2C1=O)c1ccc(F)cc1F. The Bertz CT molecular complexity index is 988. The monoisotopic (exact) mass is 398 g/mol. The van der Waals surface area contributed by atoms with Crippen molar-refractivity contribution in [2.75, 3.05) is 13.1 Å². The van der Waals surface area contributed by atoms with Crippen molar-refractivity contribution < 1.29 is 23.2 Å². The van der Waals surface area contributed by atoms with Gasteiger partial charge in [0.15, 0.2) is 0 Å². The summed E-state index contributed by atoms with van der Waals surface area (Å²) in [6.07, 6.45) is 0.649. The number of halogens is 2. The molecule has 150 valence electrons. The highest BCUT2D eigenvalue weighted by molar-refractivity contribution is 6.21. The van der Waals surface area contributed by atoms with Crippen LogP contribution < -0.4 is 5.32 Å². The topological polar surface area (TPSA) is 66.5 Å². The van der Waals surface area contributed by atoms with Crippen molar-refractivity contribution in [1.82, 2.24) is 10.2 Å². The third kappa shape index (κ3) is 3.30. The van der Waals surface area contributed by atoms with Gasteiger partial charge in [0, 0.05) is 31.0 Å². The van der Waals surface area contributed by atoms with Crippen molar-refractivity contribution in [3.63, 3.8) is 0 Å². The lowest BCUT2D eigenvalue weighted by molar-refractivity contribution is -0.121. The van der Waals surface area contributed by atoms with E-state index in [1.54, 1.807) is 24.3 Å². The maximum atomic E-state index is 14.2. The van der Waals surface area contributed by atoms with Crippen LogP contribution in [0.4, 0.5) is 8.78 Å². The van der Waals surface area contributed by atoms with Crippen LogP contribution in [0.2, 0.25) is 0 Å². The first-order valence-corrected chi connectivity index (χ1v) is 9.51. The number of benzene rings is 2. The van der Waals surface area contributed by atoms with Gasteiger partial charge in [-0.2, -0.15) is 0 Å². The second-order valence-electron chi connectivity index (χ2n) is 7.72. The van der Waals surface area contributed by atoms with E-state index in [1.165, 1.54) is 12.1 Å². The van der Waals surface area contributed by atoms with E-state index < -0.39 is 28.9 Å². The number of carbonyl (C=O) groups excluding carboxylic acids is 3. The molecule has 0 radical (unpaired) electrons. The van der Waals surface area contributed by atoms with E-state index in [9.17, 15) is 23.2 Å². The van der Waals surface area contributed by atoms with E-state index in [2.05, 4.69) is 5.32 Å². The molecule has 7 heteroatoms. The van der Waals surface area contributed by atoms with Crippen LogP contribution in [-0.2, 0) is 10.2 Å². The Morgan fingerprint density at radius 2 is 1.76 bits per heavy atom. The standard InChI is InChI=1S/C22H20F2N2O3/c1-13-11-22(13,17-7-6-14(23)10-18(17)24)12-25-19(27)8-9-26-20(28)15-4-2-3-5-16(15)21(26)29/h2-7,10,13H,8-9,11-12H2,1H3,(H,25,27). The minimum absolute atomic E-state index is 0.0222. The van der Waals surface area contributed by atoms with E-state index >= 15 is 0 Å². The molecule has 2 atom stereocenters. The highest BCUT2D eigenvalue weighted by Crippen LogP contribution is 2.54. The summed E-state index contributed by atoms with van der Waals surface area (Å²) in [6.45, 7) is 2.15. The summed E-state index contributed by atoms with van der Waals surface area (Å²) in [7, 11) is 0. The fourth-order valence-electron chi connectivity index (χ4n) is 4.10. The lowest BCUT2D eigenvalue weighted by Crippen LogP contribution is -2.37. The molecule has 2 unspecified atom stereocenters. The van der Waals surface area contributed by atoms with Gasteiger partial charge in [-0.05, 0) is 36.1 Å². The number of hydrogen-bond donors (Lipinski definition) is 1. The molecule has 1 aliphatic heterocycles. The van der Waals surface area contributed by atoms with Crippen molar-refractivity contribution in [2.45, 2.75) is 25.2 Å². The second-order valence-corrected chi connectivity index (χ2v) is 7.72. The van der Waals surface area contributed by atoms with Gasteiger partial charge < -0.3 is 5.32 Å².